The maximum atomic E-state index is 11.9. The van der Waals surface area contributed by atoms with E-state index in [1.54, 1.807) is 0 Å². The molecule has 0 unspecified atom stereocenters. The lowest BCUT2D eigenvalue weighted by Gasteiger charge is -2.18. The molecule has 0 aromatic heterocycles. The minimum absolute atomic E-state index is 0.00296. The summed E-state index contributed by atoms with van der Waals surface area (Å²) < 4.78 is 37.1. The third-order valence-electron chi connectivity index (χ3n) is 2.94. The van der Waals surface area contributed by atoms with E-state index in [1.165, 1.54) is 19.2 Å². The summed E-state index contributed by atoms with van der Waals surface area (Å²) in [4.78, 5) is 11.9. The van der Waals surface area contributed by atoms with Gasteiger partial charge in [-0.1, -0.05) is 0 Å². The molecule has 0 atom stereocenters. The van der Waals surface area contributed by atoms with Crippen LogP contribution in [0.3, 0.4) is 0 Å². The van der Waals surface area contributed by atoms with E-state index in [1.807, 2.05) is 20.8 Å². The average Bonchev–Trinajstić information content (AvgIpc) is 2.63. The lowest BCUT2D eigenvalue weighted by molar-refractivity contribution is -0.00315. The van der Waals surface area contributed by atoms with Crippen molar-refractivity contribution in [2.75, 3.05) is 47.3 Å². The van der Waals surface area contributed by atoms with Crippen LogP contribution in [0.25, 0.3) is 0 Å². The van der Waals surface area contributed by atoms with Gasteiger partial charge in [0.05, 0.1) is 12.7 Å². The monoisotopic (exact) mass is 358 g/mol. The smallest absolute Gasteiger partial charge is 0.338 e. The van der Waals surface area contributed by atoms with Crippen LogP contribution in [0, 0.1) is 0 Å². The minimum atomic E-state index is -0.529. The van der Waals surface area contributed by atoms with Crippen molar-refractivity contribution >= 4 is 5.97 Å². The first kappa shape index (κ1) is 21.0. The summed E-state index contributed by atoms with van der Waals surface area (Å²) in [6.07, 6.45) is 0. The number of carbonyl (C=O) groups excluding carboxylic acids is 1. The normalized spacial score (nSPS) is 10.4. The maximum absolute atomic E-state index is 11.9. The molecule has 1 rings (SSSR count). The van der Waals surface area contributed by atoms with E-state index < -0.39 is 5.97 Å². The molecule has 1 aromatic rings. The van der Waals surface area contributed by atoms with Crippen LogP contribution in [0.1, 0.15) is 31.1 Å². The Morgan fingerprint density at radius 1 is 0.800 bits per heavy atom. The first-order chi connectivity index (χ1) is 12.2. The molecule has 0 radical (unpaired) electrons. The fourth-order valence-electron chi connectivity index (χ4n) is 1.73. The van der Waals surface area contributed by atoms with Crippen LogP contribution in [0.2, 0.25) is 0 Å². The van der Waals surface area contributed by atoms with Crippen molar-refractivity contribution < 1.29 is 38.0 Å². The van der Waals surface area contributed by atoms with Crippen molar-refractivity contribution in [1.29, 1.82) is 0 Å². The fourth-order valence-corrected chi connectivity index (χ4v) is 1.73. The molecule has 0 aliphatic rings. The number of hydrogen-bond acceptors (Lipinski definition) is 8. The number of ether oxygens (including phenoxy) is 7. The first-order valence-electron chi connectivity index (χ1n) is 8.05. The van der Waals surface area contributed by atoms with Gasteiger partial charge >= 0.3 is 5.97 Å². The van der Waals surface area contributed by atoms with Gasteiger partial charge in [0.15, 0.2) is 31.9 Å². The van der Waals surface area contributed by atoms with Gasteiger partial charge in [0.1, 0.15) is 0 Å². The highest BCUT2D eigenvalue weighted by Crippen LogP contribution is 2.39. The third-order valence-corrected chi connectivity index (χ3v) is 2.94. The lowest BCUT2D eigenvalue weighted by atomic mass is 10.2. The van der Waals surface area contributed by atoms with E-state index in [0.29, 0.717) is 25.6 Å². The van der Waals surface area contributed by atoms with Crippen LogP contribution >= 0.6 is 0 Å². The van der Waals surface area contributed by atoms with E-state index in [0.717, 1.165) is 0 Å². The number of hydrogen-bond donors (Lipinski definition) is 0. The Morgan fingerprint density at radius 2 is 1.24 bits per heavy atom. The molecule has 25 heavy (non-hydrogen) atoms. The second kappa shape index (κ2) is 12.3. The highest BCUT2D eigenvalue weighted by Gasteiger charge is 2.19. The molecule has 142 valence electrons. The summed E-state index contributed by atoms with van der Waals surface area (Å²) in [6.45, 7) is 7.00. The molecular formula is C17H26O8. The third kappa shape index (κ3) is 7.16. The standard InChI is InChI=1S/C17H26O8/c1-5-20-10-23-14-8-13(17(18)19-4)9-15(24-11-21-6-2)16(14)25-12-22-7-3/h8-9H,5-7,10-12H2,1-4H3. The van der Waals surface area contributed by atoms with E-state index in [2.05, 4.69) is 0 Å². The van der Waals surface area contributed by atoms with E-state index in [4.69, 9.17) is 33.2 Å². The van der Waals surface area contributed by atoms with Gasteiger partial charge in [-0.3, -0.25) is 0 Å². The summed E-state index contributed by atoms with van der Waals surface area (Å²) in [7, 11) is 1.29. The summed E-state index contributed by atoms with van der Waals surface area (Å²) in [5.41, 5.74) is 0.254. The molecule has 0 aliphatic heterocycles. The number of carbonyl (C=O) groups is 1. The Labute approximate surface area is 147 Å². The lowest BCUT2D eigenvalue weighted by Crippen LogP contribution is -2.11. The van der Waals surface area contributed by atoms with Gasteiger partial charge in [-0.2, -0.15) is 0 Å². The zero-order valence-corrected chi connectivity index (χ0v) is 15.2. The first-order valence-corrected chi connectivity index (χ1v) is 8.05. The molecule has 0 heterocycles. The predicted octanol–water partition coefficient (Wildman–Crippen LogP) is 2.59. The van der Waals surface area contributed by atoms with Crippen molar-refractivity contribution in [3.63, 3.8) is 0 Å². The van der Waals surface area contributed by atoms with Gasteiger partial charge in [0, 0.05) is 19.8 Å². The van der Waals surface area contributed by atoms with Crippen LogP contribution in [0.5, 0.6) is 17.2 Å². The number of rotatable bonds is 13. The molecule has 0 aliphatic carbocycles. The number of methoxy groups -OCH3 is 1. The van der Waals surface area contributed by atoms with Crippen LogP contribution in [0.15, 0.2) is 12.1 Å². The minimum Gasteiger partial charge on any atom is -0.465 e. The van der Waals surface area contributed by atoms with Gasteiger partial charge < -0.3 is 33.2 Å². The van der Waals surface area contributed by atoms with Gasteiger partial charge in [-0.05, 0) is 32.9 Å². The van der Waals surface area contributed by atoms with Crippen molar-refractivity contribution in [3.05, 3.63) is 17.7 Å². The quantitative estimate of drug-likeness (QED) is 0.302. The SMILES string of the molecule is CCOCOc1cc(C(=O)OC)cc(OCOCC)c1OCOCC. The molecule has 1 aromatic carbocycles. The highest BCUT2D eigenvalue weighted by molar-refractivity contribution is 5.91. The van der Waals surface area contributed by atoms with Crippen LogP contribution in [0.4, 0.5) is 0 Å². The average molecular weight is 358 g/mol. The van der Waals surface area contributed by atoms with Crippen molar-refractivity contribution in [2.45, 2.75) is 20.8 Å². The van der Waals surface area contributed by atoms with Crippen LogP contribution in [-0.2, 0) is 18.9 Å². The number of esters is 1. The molecule has 0 saturated carbocycles. The molecule has 0 N–H and O–H groups in total. The fraction of sp³-hybridized carbons (Fsp3) is 0.588. The largest absolute Gasteiger partial charge is 0.465 e. The highest BCUT2D eigenvalue weighted by atomic mass is 16.7. The maximum Gasteiger partial charge on any atom is 0.338 e. The summed E-state index contributed by atoms with van der Waals surface area (Å²) in [6, 6.07) is 3.00. The Balaban J connectivity index is 3.14. The molecular weight excluding hydrogens is 332 g/mol. The van der Waals surface area contributed by atoms with Crippen molar-refractivity contribution in [3.8, 4) is 17.2 Å². The molecule has 0 amide bonds. The van der Waals surface area contributed by atoms with Crippen molar-refractivity contribution in [2.24, 2.45) is 0 Å². The van der Waals surface area contributed by atoms with Crippen LogP contribution in [-0.4, -0.2) is 53.3 Å². The Bertz CT molecular complexity index is 486. The van der Waals surface area contributed by atoms with Gasteiger partial charge in [0.2, 0.25) is 5.75 Å². The molecule has 8 heteroatoms. The van der Waals surface area contributed by atoms with Gasteiger partial charge in [-0.15, -0.1) is 0 Å². The van der Waals surface area contributed by atoms with Gasteiger partial charge in [0.25, 0.3) is 0 Å². The predicted molar refractivity (Wildman–Crippen MR) is 89.1 cm³/mol. The molecule has 0 spiro atoms. The summed E-state index contributed by atoms with van der Waals surface area (Å²) >= 11 is 0. The summed E-state index contributed by atoms with van der Waals surface area (Å²) in [5, 5.41) is 0. The molecule has 0 fully saturated rings. The van der Waals surface area contributed by atoms with Gasteiger partial charge in [-0.25, -0.2) is 4.79 Å². The van der Waals surface area contributed by atoms with E-state index in [9.17, 15) is 4.79 Å². The Hall–Kier alpha value is -2.03. The number of benzene rings is 1. The molecule has 8 nitrogen and oxygen atoms in total. The molecule has 0 bridgehead atoms. The summed E-state index contributed by atoms with van der Waals surface area (Å²) in [5.74, 6) is 0.324. The Kier molecular flexibility index (Phi) is 10.4. The topological polar surface area (TPSA) is 81.7 Å². The Morgan fingerprint density at radius 3 is 1.64 bits per heavy atom. The zero-order valence-electron chi connectivity index (χ0n) is 15.2. The van der Waals surface area contributed by atoms with Crippen LogP contribution < -0.4 is 14.2 Å². The van der Waals surface area contributed by atoms with E-state index in [-0.39, 0.29) is 37.4 Å². The second-order valence-electron chi connectivity index (χ2n) is 4.56. The zero-order chi connectivity index (χ0) is 18.5. The van der Waals surface area contributed by atoms with Crippen molar-refractivity contribution in [1.82, 2.24) is 0 Å². The molecule has 0 saturated heterocycles. The second-order valence-corrected chi connectivity index (χ2v) is 4.56. The van der Waals surface area contributed by atoms with E-state index >= 15 is 0 Å².